The molecule has 0 bridgehead atoms. The van der Waals surface area contributed by atoms with Gasteiger partial charge < -0.3 is 0 Å². The first-order chi connectivity index (χ1) is 6.81. The van der Waals surface area contributed by atoms with Crippen molar-refractivity contribution in [3.05, 3.63) is 40.8 Å². The molecule has 0 aliphatic carbocycles. The van der Waals surface area contributed by atoms with E-state index in [-0.39, 0.29) is 5.69 Å². The number of H-pyrrole nitrogens is 1. The van der Waals surface area contributed by atoms with Gasteiger partial charge in [-0.05, 0) is 6.92 Å². The molecule has 0 spiro atoms. The molecule has 4 nitrogen and oxygen atoms in total. The van der Waals surface area contributed by atoms with Gasteiger partial charge in [0, 0.05) is 12.1 Å². The molecular weight excluding hydrogens is 178 g/mol. The van der Waals surface area contributed by atoms with Crippen molar-refractivity contribution in [3.8, 4) is 11.4 Å². The summed E-state index contributed by atoms with van der Waals surface area (Å²) in [4.78, 5) is 14.0. The lowest BCUT2D eigenvalue weighted by Gasteiger charge is -1.93. The Morgan fingerprint density at radius 1 is 1.36 bits per heavy atom. The smallest absolute Gasteiger partial charge is 0.289 e. The standard InChI is InChI=1S/C10H11N3O/c1-2-13-10(14)11-9(12-13)8-6-4-3-5-7-8/h3-7H,2H2,1H3,(H,11,12,14). The third kappa shape index (κ3) is 1.46. The maximum Gasteiger partial charge on any atom is 0.343 e. The molecule has 72 valence electrons. The molecule has 0 aliphatic heterocycles. The zero-order valence-corrected chi connectivity index (χ0v) is 7.90. The summed E-state index contributed by atoms with van der Waals surface area (Å²) in [6.45, 7) is 2.47. The van der Waals surface area contributed by atoms with Crippen molar-refractivity contribution in [1.29, 1.82) is 0 Å². The normalized spacial score (nSPS) is 10.4. The SMILES string of the molecule is CCn1nc(-c2ccccc2)[nH]c1=O. The minimum atomic E-state index is -0.161. The van der Waals surface area contributed by atoms with Gasteiger partial charge in [-0.1, -0.05) is 30.3 Å². The van der Waals surface area contributed by atoms with E-state index in [4.69, 9.17) is 0 Å². The van der Waals surface area contributed by atoms with E-state index in [9.17, 15) is 4.79 Å². The van der Waals surface area contributed by atoms with Crippen molar-refractivity contribution in [1.82, 2.24) is 14.8 Å². The molecule has 2 aromatic rings. The lowest BCUT2D eigenvalue weighted by molar-refractivity contribution is 0.635. The molecule has 0 atom stereocenters. The van der Waals surface area contributed by atoms with Gasteiger partial charge in [-0.25, -0.2) is 9.48 Å². The molecule has 4 heteroatoms. The molecule has 0 radical (unpaired) electrons. The summed E-state index contributed by atoms with van der Waals surface area (Å²) in [5, 5.41) is 4.15. The molecular formula is C10H11N3O. The van der Waals surface area contributed by atoms with Crippen LogP contribution in [0, 0.1) is 0 Å². The van der Waals surface area contributed by atoms with Crippen molar-refractivity contribution >= 4 is 0 Å². The number of aryl methyl sites for hydroxylation is 1. The minimum Gasteiger partial charge on any atom is -0.289 e. The van der Waals surface area contributed by atoms with Gasteiger partial charge in [0.1, 0.15) is 0 Å². The van der Waals surface area contributed by atoms with Crippen LogP contribution in [0.15, 0.2) is 35.1 Å². The minimum absolute atomic E-state index is 0.161. The quantitative estimate of drug-likeness (QED) is 0.773. The highest BCUT2D eigenvalue weighted by molar-refractivity contribution is 5.53. The Kier molecular flexibility index (Phi) is 2.18. The van der Waals surface area contributed by atoms with Crippen molar-refractivity contribution < 1.29 is 0 Å². The van der Waals surface area contributed by atoms with Gasteiger partial charge >= 0.3 is 5.69 Å². The number of hydrogen-bond acceptors (Lipinski definition) is 2. The van der Waals surface area contributed by atoms with Crippen LogP contribution in [0.25, 0.3) is 11.4 Å². The largest absolute Gasteiger partial charge is 0.343 e. The molecule has 0 aliphatic rings. The van der Waals surface area contributed by atoms with E-state index >= 15 is 0 Å². The lowest BCUT2D eigenvalue weighted by atomic mass is 10.2. The fraction of sp³-hybridized carbons (Fsp3) is 0.200. The number of hydrogen-bond donors (Lipinski definition) is 1. The van der Waals surface area contributed by atoms with Crippen LogP contribution in [-0.2, 0) is 6.54 Å². The predicted octanol–water partition coefficient (Wildman–Crippen LogP) is 1.26. The van der Waals surface area contributed by atoms with Gasteiger partial charge in [-0.15, -0.1) is 5.10 Å². The number of aromatic amines is 1. The Balaban J connectivity index is 2.48. The monoisotopic (exact) mass is 189 g/mol. The lowest BCUT2D eigenvalue weighted by Crippen LogP contribution is -2.16. The van der Waals surface area contributed by atoms with Gasteiger partial charge in [0.05, 0.1) is 0 Å². The third-order valence-electron chi connectivity index (χ3n) is 2.03. The summed E-state index contributed by atoms with van der Waals surface area (Å²) < 4.78 is 1.41. The van der Waals surface area contributed by atoms with Crippen LogP contribution in [0.5, 0.6) is 0 Å². The summed E-state index contributed by atoms with van der Waals surface area (Å²) in [5.41, 5.74) is 0.767. The fourth-order valence-electron chi connectivity index (χ4n) is 1.30. The Morgan fingerprint density at radius 2 is 2.07 bits per heavy atom. The second kappa shape index (κ2) is 3.49. The van der Waals surface area contributed by atoms with Crippen LogP contribution >= 0.6 is 0 Å². The highest BCUT2D eigenvalue weighted by atomic mass is 16.1. The van der Waals surface area contributed by atoms with Crippen LogP contribution < -0.4 is 5.69 Å². The Labute approximate surface area is 81.2 Å². The molecule has 1 heterocycles. The summed E-state index contributed by atoms with van der Waals surface area (Å²) in [7, 11) is 0. The molecule has 0 unspecified atom stereocenters. The molecule has 1 aromatic carbocycles. The van der Waals surface area contributed by atoms with Crippen molar-refractivity contribution in [3.63, 3.8) is 0 Å². The number of rotatable bonds is 2. The first-order valence-corrected chi connectivity index (χ1v) is 4.54. The van der Waals surface area contributed by atoms with Crippen molar-refractivity contribution in [2.75, 3.05) is 0 Å². The predicted molar refractivity (Wildman–Crippen MR) is 54.0 cm³/mol. The summed E-state index contributed by atoms with van der Waals surface area (Å²) in [6, 6.07) is 9.59. The van der Waals surface area contributed by atoms with E-state index in [1.54, 1.807) is 0 Å². The maximum atomic E-state index is 11.3. The topological polar surface area (TPSA) is 50.7 Å². The zero-order valence-electron chi connectivity index (χ0n) is 7.90. The second-order valence-corrected chi connectivity index (χ2v) is 2.96. The summed E-state index contributed by atoms with van der Waals surface area (Å²) in [6.07, 6.45) is 0. The van der Waals surface area contributed by atoms with E-state index in [0.717, 1.165) is 5.56 Å². The van der Waals surface area contributed by atoms with E-state index in [1.807, 2.05) is 37.3 Å². The molecule has 1 N–H and O–H groups in total. The molecule has 14 heavy (non-hydrogen) atoms. The van der Waals surface area contributed by atoms with Crippen LogP contribution in [0.3, 0.4) is 0 Å². The van der Waals surface area contributed by atoms with Crippen LogP contribution in [0.2, 0.25) is 0 Å². The van der Waals surface area contributed by atoms with Gasteiger partial charge in [0.15, 0.2) is 5.82 Å². The van der Waals surface area contributed by atoms with Crippen LogP contribution in [0.1, 0.15) is 6.92 Å². The average Bonchev–Trinajstić information content (AvgIpc) is 2.61. The fourth-order valence-corrected chi connectivity index (χ4v) is 1.30. The summed E-state index contributed by atoms with van der Waals surface area (Å²) >= 11 is 0. The highest BCUT2D eigenvalue weighted by Crippen LogP contribution is 2.10. The van der Waals surface area contributed by atoms with Gasteiger partial charge in [0.25, 0.3) is 0 Å². The number of nitrogens with zero attached hydrogens (tertiary/aromatic N) is 2. The molecule has 2 rings (SSSR count). The Bertz CT molecular complexity index is 470. The Hall–Kier alpha value is -1.84. The molecule has 0 saturated carbocycles. The number of nitrogens with one attached hydrogen (secondary N) is 1. The van der Waals surface area contributed by atoms with E-state index < -0.39 is 0 Å². The van der Waals surface area contributed by atoms with Gasteiger partial charge in [0.2, 0.25) is 0 Å². The van der Waals surface area contributed by atoms with E-state index in [1.165, 1.54) is 4.68 Å². The number of aromatic nitrogens is 3. The maximum absolute atomic E-state index is 11.3. The summed E-state index contributed by atoms with van der Waals surface area (Å²) in [5.74, 6) is 0.623. The Morgan fingerprint density at radius 3 is 2.64 bits per heavy atom. The van der Waals surface area contributed by atoms with E-state index in [0.29, 0.717) is 12.4 Å². The number of benzene rings is 1. The van der Waals surface area contributed by atoms with Crippen molar-refractivity contribution in [2.45, 2.75) is 13.5 Å². The third-order valence-corrected chi connectivity index (χ3v) is 2.03. The molecule has 0 saturated heterocycles. The average molecular weight is 189 g/mol. The second-order valence-electron chi connectivity index (χ2n) is 2.96. The molecule has 0 amide bonds. The highest BCUT2D eigenvalue weighted by Gasteiger charge is 2.04. The van der Waals surface area contributed by atoms with Gasteiger partial charge in [-0.3, -0.25) is 4.98 Å². The van der Waals surface area contributed by atoms with Gasteiger partial charge in [-0.2, -0.15) is 0 Å². The molecule has 1 aromatic heterocycles. The zero-order chi connectivity index (χ0) is 9.97. The van der Waals surface area contributed by atoms with Crippen LogP contribution in [-0.4, -0.2) is 14.8 Å². The molecule has 0 fully saturated rings. The van der Waals surface area contributed by atoms with Crippen molar-refractivity contribution in [2.24, 2.45) is 0 Å². The van der Waals surface area contributed by atoms with E-state index in [2.05, 4.69) is 10.1 Å². The first-order valence-electron chi connectivity index (χ1n) is 4.54. The van der Waals surface area contributed by atoms with Crippen LogP contribution in [0.4, 0.5) is 0 Å². The first kappa shape index (κ1) is 8.74.